The number of hydrogen-bond acceptors (Lipinski definition) is 6. The van der Waals surface area contributed by atoms with E-state index in [1.165, 1.54) is 5.69 Å². The summed E-state index contributed by atoms with van der Waals surface area (Å²) in [5, 5.41) is 4.70. The number of aromatic nitrogens is 2. The van der Waals surface area contributed by atoms with Gasteiger partial charge in [-0.2, -0.15) is 4.98 Å². The van der Waals surface area contributed by atoms with Gasteiger partial charge in [-0.3, -0.25) is 0 Å². The monoisotopic (exact) mass is 379 g/mol. The maximum absolute atomic E-state index is 6.16. The number of halogens is 3. The molecule has 2 N–H and O–H groups in total. The molecule has 1 aromatic carbocycles. The SMILES string of the molecule is CN1CCCN(Cc2noc(CN)n2)c2cc(Cl)ccc21.Cl.Cl. The highest BCUT2D eigenvalue weighted by atomic mass is 35.5. The molecule has 128 valence electrons. The van der Waals surface area contributed by atoms with Crippen LogP contribution in [-0.4, -0.2) is 30.3 Å². The molecule has 6 nitrogen and oxygen atoms in total. The smallest absolute Gasteiger partial charge is 0.240 e. The van der Waals surface area contributed by atoms with E-state index in [1.54, 1.807) is 0 Å². The Kier molecular flexibility index (Phi) is 7.41. The van der Waals surface area contributed by atoms with Crippen molar-refractivity contribution in [3.05, 3.63) is 34.9 Å². The summed E-state index contributed by atoms with van der Waals surface area (Å²) in [6.07, 6.45) is 1.06. The zero-order valence-electron chi connectivity index (χ0n) is 12.7. The van der Waals surface area contributed by atoms with Crippen molar-refractivity contribution in [1.29, 1.82) is 0 Å². The van der Waals surface area contributed by atoms with Crippen LogP contribution in [0.5, 0.6) is 0 Å². The fourth-order valence-corrected chi connectivity index (χ4v) is 2.75. The molecule has 0 aliphatic carbocycles. The molecule has 0 radical (unpaired) electrons. The molecule has 1 aromatic heterocycles. The molecule has 1 aliphatic heterocycles. The van der Waals surface area contributed by atoms with E-state index in [0.717, 1.165) is 30.2 Å². The third-order valence-electron chi connectivity index (χ3n) is 3.63. The van der Waals surface area contributed by atoms with Crippen molar-refractivity contribution < 1.29 is 4.52 Å². The second-order valence-electron chi connectivity index (χ2n) is 5.14. The summed E-state index contributed by atoms with van der Waals surface area (Å²) >= 11 is 6.16. The van der Waals surface area contributed by atoms with Crippen molar-refractivity contribution in [2.24, 2.45) is 5.73 Å². The topological polar surface area (TPSA) is 71.4 Å². The van der Waals surface area contributed by atoms with Gasteiger partial charge in [-0.1, -0.05) is 16.8 Å². The molecule has 9 heteroatoms. The zero-order valence-corrected chi connectivity index (χ0v) is 15.1. The molecule has 0 atom stereocenters. The lowest BCUT2D eigenvalue weighted by Crippen LogP contribution is -2.24. The van der Waals surface area contributed by atoms with E-state index in [1.807, 2.05) is 12.1 Å². The second kappa shape index (κ2) is 8.59. The van der Waals surface area contributed by atoms with E-state index in [2.05, 4.69) is 33.1 Å². The lowest BCUT2D eigenvalue weighted by Gasteiger charge is -2.25. The summed E-state index contributed by atoms with van der Waals surface area (Å²) in [6.45, 7) is 2.78. The van der Waals surface area contributed by atoms with Crippen LogP contribution in [0.15, 0.2) is 22.7 Å². The summed E-state index contributed by atoms with van der Waals surface area (Å²) in [5.74, 6) is 1.11. The van der Waals surface area contributed by atoms with Crippen molar-refractivity contribution in [2.45, 2.75) is 19.5 Å². The van der Waals surface area contributed by atoms with E-state index >= 15 is 0 Å². The van der Waals surface area contributed by atoms with Crippen LogP contribution in [0.3, 0.4) is 0 Å². The number of hydrogen-bond donors (Lipinski definition) is 1. The molecular weight excluding hydrogens is 361 g/mol. The van der Waals surface area contributed by atoms with Gasteiger partial charge in [0.25, 0.3) is 0 Å². The molecule has 3 rings (SSSR count). The molecule has 0 unspecified atom stereocenters. The predicted octanol–water partition coefficient (Wildman–Crippen LogP) is 2.87. The minimum atomic E-state index is 0. The normalized spacial score (nSPS) is 13.7. The number of rotatable bonds is 3. The Hall–Kier alpha value is -1.21. The summed E-state index contributed by atoms with van der Waals surface area (Å²) in [7, 11) is 2.09. The van der Waals surface area contributed by atoms with E-state index in [0.29, 0.717) is 18.3 Å². The van der Waals surface area contributed by atoms with Crippen LogP contribution in [0.2, 0.25) is 5.02 Å². The van der Waals surface area contributed by atoms with Crippen LogP contribution in [0.1, 0.15) is 18.1 Å². The quantitative estimate of drug-likeness (QED) is 0.883. The van der Waals surface area contributed by atoms with E-state index < -0.39 is 0 Å². The fraction of sp³-hybridized carbons (Fsp3) is 0.429. The second-order valence-corrected chi connectivity index (χ2v) is 5.57. The van der Waals surface area contributed by atoms with Crippen molar-refractivity contribution in [3.8, 4) is 0 Å². The van der Waals surface area contributed by atoms with Crippen LogP contribution in [0.4, 0.5) is 11.4 Å². The maximum Gasteiger partial charge on any atom is 0.240 e. The first kappa shape index (κ1) is 19.8. The minimum absolute atomic E-state index is 0. The Morgan fingerprint density at radius 2 is 2.04 bits per heavy atom. The molecule has 0 spiro atoms. The minimum Gasteiger partial charge on any atom is -0.373 e. The summed E-state index contributed by atoms with van der Waals surface area (Å²) < 4.78 is 5.07. The van der Waals surface area contributed by atoms with Gasteiger partial charge in [0.05, 0.1) is 24.5 Å². The first-order valence-electron chi connectivity index (χ1n) is 6.94. The molecule has 0 saturated heterocycles. The number of nitrogens with two attached hydrogens (primary N) is 1. The number of nitrogens with zero attached hydrogens (tertiary/aromatic N) is 4. The molecular formula is C14H20Cl3N5O. The highest BCUT2D eigenvalue weighted by Gasteiger charge is 2.20. The van der Waals surface area contributed by atoms with Crippen molar-refractivity contribution in [3.63, 3.8) is 0 Å². The molecule has 2 aromatic rings. The van der Waals surface area contributed by atoms with Crippen LogP contribution < -0.4 is 15.5 Å². The Morgan fingerprint density at radius 3 is 2.74 bits per heavy atom. The molecule has 2 heterocycles. The Balaban J connectivity index is 0.00000132. The maximum atomic E-state index is 6.16. The molecule has 0 amide bonds. The first-order chi connectivity index (χ1) is 10.2. The summed E-state index contributed by atoms with van der Waals surface area (Å²) in [6, 6.07) is 5.96. The average Bonchev–Trinajstić information content (AvgIpc) is 2.87. The van der Waals surface area contributed by atoms with Crippen LogP contribution >= 0.6 is 36.4 Å². The van der Waals surface area contributed by atoms with E-state index in [-0.39, 0.29) is 31.4 Å². The van der Waals surface area contributed by atoms with Gasteiger partial charge in [-0.05, 0) is 24.6 Å². The molecule has 23 heavy (non-hydrogen) atoms. The highest BCUT2D eigenvalue weighted by molar-refractivity contribution is 6.31. The third kappa shape index (κ3) is 4.41. The number of anilines is 2. The highest BCUT2D eigenvalue weighted by Crippen LogP contribution is 2.34. The van der Waals surface area contributed by atoms with Gasteiger partial charge >= 0.3 is 0 Å². The van der Waals surface area contributed by atoms with Crippen LogP contribution in [0.25, 0.3) is 0 Å². The van der Waals surface area contributed by atoms with Gasteiger partial charge in [-0.15, -0.1) is 24.8 Å². The average molecular weight is 381 g/mol. The van der Waals surface area contributed by atoms with Gasteiger partial charge in [0.2, 0.25) is 5.89 Å². The Labute approximate surface area is 152 Å². The molecule has 0 fully saturated rings. The third-order valence-corrected chi connectivity index (χ3v) is 3.86. The molecule has 0 bridgehead atoms. The largest absolute Gasteiger partial charge is 0.373 e. The lowest BCUT2D eigenvalue weighted by atomic mass is 10.2. The van der Waals surface area contributed by atoms with Crippen LogP contribution in [-0.2, 0) is 13.1 Å². The van der Waals surface area contributed by atoms with Gasteiger partial charge in [0.15, 0.2) is 5.82 Å². The van der Waals surface area contributed by atoms with Crippen molar-refractivity contribution >= 4 is 47.8 Å². The Bertz CT molecular complexity index is 637. The Morgan fingerprint density at radius 1 is 1.26 bits per heavy atom. The standard InChI is InChI=1S/C14H18ClN5O.2ClH/c1-19-5-2-6-20(9-13-17-14(8-16)21-18-13)12-7-10(15)3-4-11(12)19;;/h3-4,7H,2,5-6,8-9,16H2,1H3;2*1H. The molecule has 0 saturated carbocycles. The van der Waals surface area contributed by atoms with Crippen molar-refractivity contribution in [1.82, 2.24) is 10.1 Å². The predicted molar refractivity (Wildman–Crippen MR) is 97.1 cm³/mol. The number of fused-ring (bicyclic) bond motifs is 1. The molecule has 1 aliphatic rings. The van der Waals surface area contributed by atoms with Gasteiger partial charge < -0.3 is 20.1 Å². The zero-order chi connectivity index (χ0) is 14.8. The first-order valence-corrected chi connectivity index (χ1v) is 7.32. The van der Waals surface area contributed by atoms with E-state index in [9.17, 15) is 0 Å². The number of benzene rings is 1. The van der Waals surface area contributed by atoms with Gasteiger partial charge in [0, 0.05) is 25.2 Å². The van der Waals surface area contributed by atoms with Crippen LogP contribution in [0, 0.1) is 0 Å². The lowest BCUT2D eigenvalue weighted by molar-refractivity contribution is 0.374. The summed E-state index contributed by atoms with van der Waals surface area (Å²) in [4.78, 5) is 8.75. The fourth-order valence-electron chi connectivity index (χ4n) is 2.58. The van der Waals surface area contributed by atoms with Gasteiger partial charge in [-0.25, -0.2) is 0 Å². The summed E-state index contributed by atoms with van der Waals surface area (Å²) in [5.41, 5.74) is 7.77. The van der Waals surface area contributed by atoms with E-state index in [4.69, 9.17) is 21.9 Å². The van der Waals surface area contributed by atoms with Crippen molar-refractivity contribution in [2.75, 3.05) is 29.9 Å². The van der Waals surface area contributed by atoms with Gasteiger partial charge in [0.1, 0.15) is 0 Å².